The molecule has 3 aromatic rings. The van der Waals surface area contributed by atoms with Crippen LogP contribution in [0.2, 0.25) is 0 Å². The highest BCUT2D eigenvalue weighted by Crippen LogP contribution is 2.23. The molecule has 2 amide bonds. The Bertz CT molecular complexity index is 1060. The van der Waals surface area contributed by atoms with Crippen molar-refractivity contribution in [3.05, 3.63) is 65.7 Å². The summed E-state index contributed by atoms with van der Waals surface area (Å²) in [5.41, 5.74) is 1.31. The number of fused-ring (bicyclic) bond motifs is 1. The minimum absolute atomic E-state index is 0.100. The van der Waals surface area contributed by atoms with Gasteiger partial charge < -0.3 is 15.1 Å². The van der Waals surface area contributed by atoms with E-state index in [2.05, 4.69) is 25.6 Å². The Labute approximate surface area is 172 Å². The van der Waals surface area contributed by atoms with Crippen molar-refractivity contribution in [1.29, 1.82) is 0 Å². The fourth-order valence-corrected chi connectivity index (χ4v) is 3.84. The zero-order chi connectivity index (χ0) is 20.5. The van der Waals surface area contributed by atoms with Gasteiger partial charge in [0.25, 0.3) is 11.8 Å². The quantitative estimate of drug-likeness (QED) is 0.678. The lowest BCUT2D eigenvalue weighted by atomic mass is 10.0. The molecule has 5 rings (SSSR count). The third kappa shape index (κ3) is 3.25. The summed E-state index contributed by atoms with van der Waals surface area (Å²) in [4.78, 5) is 38.1. The van der Waals surface area contributed by atoms with Gasteiger partial charge in [-0.15, -0.1) is 5.10 Å². The lowest BCUT2D eigenvalue weighted by molar-refractivity contribution is 0.0730. The van der Waals surface area contributed by atoms with Crippen LogP contribution in [0.3, 0.4) is 0 Å². The smallest absolute Gasteiger partial charge is 0.277 e. The number of nitrogens with zero attached hydrogens (tertiary/aromatic N) is 7. The van der Waals surface area contributed by atoms with Crippen LogP contribution in [0.5, 0.6) is 0 Å². The number of aromatic nitrogens is 5. The highest BCUT2D eigenvalue weighted by Gasteiger charge is 2.35. The number of hydrogen-bond donors (Lipinski definition) is 1. The summed E-state index contributed by atoms with van der Waals surface area (Å²) >= 11 is 0. The summed E-state index contributed by atoms with van der Waals surface area (Å²) in [5, 5.41) is 11.1. The molecule has 0 saturated carbocycles. The lowest BCUT2D eigenvalue weighted by Gasteiger charge is -2.34. The van der Waals surface area contributed by atoms with E-state index in [9.17, 15) is 9.59 Å². The minimum Gasteiger partial charge on any atom is -0.342 e. The van der Waals surface area contributed by atoms with E-state index in [0.717, 1.165) is 5.56 Å². The van der Waals surface area contributed by atoms with Gasteiger partial charge in [0, 0.05) is 38.6 Å². The van der Waals surface area contributed by atoms with Crippen molar-refractivity contribution in [3.63, 3.8) is 0 Å². The highest BCUT2D eigenvalue weighted by atomic mass is 16.2. The minimum atomic E-state index is -0.334. The van der Waals surface area contributed by atoms with Gasteiger partial charge in [-0.05, 0) is 11.6 Å². The van der Waals surface area contributed by atoms with E-state index in [0.29, 0.717) is 38.7 Å². The second-order valence-electron chi connectivity index (χ2n) is 7.23. The van der Waals surface area contributed by atoms with Gasteiger partial charge in [0.15, 0.2) is 11.4 Å². The Balaban J connectivity index is 1.30. The number of carbonyl (C=O) groups is 2. The van der Waals surface area contributed by atoms with E-state index >= 15 is 0 Å². The van der Waals surface area contributed by atoms with Gasteiger partial charge in [-0.25, -0.2) is 14.6 Å². The molecule has 10 heteroatoms. The van der Waals surface area contributed by atoms with E-state index in [-0.39, 0.29) is 29.2 Å². The van der Waals surface area contributed by atoms with Gasteiger partial charge in [-0.1, -0.05) is 35.5 Å². The van der Waals surface area contributed by atoms with Crippen LogP contribution in [-0.4, -0.2) is 67.9 Å². The molecule has 0 radical (unpaired) electrons. The first-order chi connectivity index (χ1) is 14.7. The number of anilines is 1. The Morgan fingerprint density at radius 3 is 2.47 bits per heavy atom. The van der Waals surface area contributed by atoms with Crippen molar-refractivity contribution < 1.29 is 9.59 Å². The number of rotatable bonds is 3. The zero-order valence-electron chi connectivity index (χ0n) is 16.2. The second-order valence-corrected chi connectivity index (χ2v) is 7.23. The van der Waals surface area contributed by atoms with Crippen molar-refractivity contribution >= 4 is 17.8 Å². The molecular weight excluding hydrogens is 384 g/mol. The SMILES string of the molecule is O=C1N[C@@H](c2ccccc2)Cn2nnc(C(=O)N3CCN(c4ncccn4)CC3)c21. The lowest BCUT2D eigenvalue weighted by Crippen LogP contribution is -2.50. The monoisotopic (exact) mass is 404 g/mol. The summed E-state index contributed by atoms with van der Waals surface area (Å²) in [6.45, 7) is 2.66. The molecule has 1 atom stereocenters. The first-order valence-electron chi connectivity index (χ1n) is 9.81. The fourth-order valence-electron chi connectivity index (χ4n) is 3.84. The third-order valence-electron chi connectivity index (χ3n) is 5.42. The molecule has 0 spiro atoms. The number of nitrogens with one attached hydrogen (secondary N) is 1. The van der Waals surface area contributed by atoms with Gasteiger partial charge in [0.2, 0.25) is 5.95 Å². The van der Waals surface area contributed by atoms with Crippen LogP contribution in [0.25, 0.3) is 0 Å². The molecule has 2 aromatic heterocycles. The Hall–Kier alpha value is -3.82. The van der Waals surface area contributed by atoms with Crippen LogP contribution in [0.4, 0.5) is 5.95 Å². The maximum atomic E-state index is 13.1. The summed E-state index contributed by atoms with van der Waals surface area (Å²) in [6, 6.07) is 11.2. The van der Waals surface area contributed by atoms with Crippen molar-refractivity contribution in [1.82, 2.24) is 35.2 Å². The van der Waals surface area contributed by atoms with Crippen molar-refractivity contribution in [2.24, 2.45) is 0 Å². The highest BCUT2D eigenvalue weighted by molar-refractivity contribution is 6.05. The molecule has 2 aliphatic heterocycles. The summed E-state index contributed by atoms with van der Waals surface area (Å²) < 4.78 is 1.53. The molecule has 1 saturated heterocycles. The topological polar surface area (TPSA) is 109 Å². The number of amides is 2. The fraction of sp³-hybridized carbons (Fsp3) is 0.300. The Kier molecular flexibility index (Phi) is 4.58. The van der Waals surface area contributed by atoms with Gasteiger partial charge in [0.1, 0.15) is 0 Å². The molecule has 10 nitrogen and oxygen atoms in total. The molecule has 4 heterocycles. The Morgan fingerprint density at radius 2 is 1.73 bits per heavy atom. The Morgan fingerprint density at radius 1 is 1.00 bits per heavy atom. The molecule has 0 unspecified atom stereocenters. The average molecular weight is 404 g/mol. The van der Waals surface area contributed by atoms with Gasteiger partial charge in [-0.3, -0.25) is 9.59 Å². The van der Waals surface area contributed by atoms with Crippen molar-refractivity contribution in [2.75, 3.05) is 31.1 Å². The van der Waals surface area contributed by atoms with Crippen LogP contribution >= 0.6 is 0 Å². The molecule has 30 heavy (non-hydrogen) atoms. The van der Waals surface area contributed by atoms with Crippen molar-refractivity contribution in [2.45, 2.75) is 12.6 Å². The first-order valence-corrected chi connectivity index (χ1v) is 9.81. The molecule has 1 fully saturated rings. The summed E-state index contributed by atoms with van der Waals surface area (Å²) in [5.74, 6) is 0.0370. The molecule has 0 bridgehead atoms. The molecule has 1 aromatic carbocycles. The number of carbonyl (C=O) groups excluding carboxylic acids is 2. The maximum absolute atomic E-state index is 13.1. The molecule has 2 aliphatic rings. The van der Waals surface area contributed by atoms with E-state index in [1.165, 1.54) is 4.68 Å². The van der Waals surface area contributed by atoms with Crippen molar-refractivity contribution in [3.8, 4) is 0 Å². The van der Waals surface area contributed by atoms with E-state index in [1.807, 2.05) is 35.2 Å². The largest absolute Gasteiger partial charge is 0.342 e. The number of hydrogen-bond acceptors (Lipinski definition) is 7. The van der Waals surface area contributed by atoms with E-state index in [1.54, 1.807) is 23.4 Å². The van der Waals surface area contributed by atoms with Crippen LogP contribution in [0, 0.1) is 0 Å². The van der Waals surface area contributed by atoms with E-state index in [4.69, 9.17) is 0 Å². The predicted molar refractivity (Wildman–Crippen MR) is 107 cm³/mol. The van der Waals surface area contributed by atoms with Gasteiger partial charge in [-0.2, -0.15) is 0 Å². The molecule has 152 valence electrons. The maximum Gasteiger partial charge on any atom is 0.277 e. The third-order valence-corrected chi connectivity index (χ3v) is 5.42. The van der Waals surface area contributed by atoms with Crippen LogP contribution in [0.15, 0.2) is 48.8 Å². The summed E-state index contributed by atoms with van der Waals surface area (Å²) in [6.07, 6.45) is 3.40. The van der Waals surface area contributed by atoms with Crippen LogP contribution < -0.4 is 10.2 Å². The summed E-state index contributed by atoms with van der Waals surface area (Å²) in [7, 11) is 0. The first kappa shape index (κ1) is 18.2. The second kappa shape index (κ2) is 7.54. The number of benzene rings is 1. The van der Waals surface area contributed by atoms with Gasteiger partial charge >= 0.3 is 0 Å². The molecule has 0 aliphatic carbocycles. The molecule has 1 N–H and O–H groups in total. The van der Waals surface area contributed by atoms with Crippen LogP contribution in [-0.2, 0) is 6.54 Å². The number of piperazine rings is 1. The normalized spacial score (nSPS) is 18.7. The standard InChI is InChI=1S/C20H20N8O2/c29-18-17-16(24-25-28(17)13-15(23-18)14-5-2-1-3-6-14)19(30)26-9-11-27(12-10-26)20-21-7-4-8-22-20/h1-8,15H,9-13H2,(H,23,29)/t15-/m1/s1. The zero-order valence-corrected chi connectivity index (χ0v) is 16.2. The molecular formula is C20H20N8O2. The van der Waals surface area contributed by atoms with E-state index < -0.39 is 0 Å². The van der Waals surface area contributed by atoms with Gasteiger partial charge in [0.05, 0.1) is 12.6 Å². The predicted octanol–water partition coefficient (Wildman–Crippen LogP) is 0.515. The average Bonchev–Trinajstić information content (AvgIpc) is 3.25. The van der Waals surface area contributed by atoms with Crippen LogP contribution in [0.1, 0.15) is 32.6 Å².